The summed E-state index contributed by atoms with van der Waals surface area (Å²) in [5, 5.41) is 0. The Labute approximate surface area is 150 Å². The quantitative estimate of drug-likeness (QED) is 0.556. The van der Waals surface area contributed by atoms with Crippen molar-refractivity contribution in [2.24, 2.45) is 0 Å². The largest absolute Gasteiger partial charge is 0.493 e. The van der Waals surface area contributed by atoms with Gasteiger partial charge in [0.1, 0.15) is 11.4 Å². The first-order chi connectivity index (χ1) is 12.4. The maximum atomic E-state index is 13.0. The second kappa shape index (κ2) is 8.33. The summed E-state index contributed by atoms with van der Waals surface area (Å²) in [5.41, 5.74) is 0.329. The summed E-state index contributed by atoms with van der Waals surface area (Å²) < 4.78 is 33.8. The highest BCUT2D eigenvalue weighted by atomic mass is 19.1. The minimum Gasteiger partial charge on any atom is -0.493 e. The number of hydrogen-bond donors (Lipinski definition) is 0. The highest BCUT2D eigenvalue weighted by Gasteiger charge is 2.25. The van der Waals surface area contributed by atoms with Crippen LogP contribution in [0.5, 0.6) is 17.2 Å². The first-order valence-corrected chi connectivity index (χ1v) is 7.72. The predicted molar refractivity (Wildman–Crippen MR) is 91.7 cm³/mol. The number of methoxy groups -OCH3 is 3. The van der Waals surface area contributed by atoms with Crippen LogP contribution in [0.1, 0.15) is 27.6 Å². The maximum Gasteiger partial charge on any atom is 0.342 e. The Bertz CT molecular complexity index is 800. The van der Waals surface area contributed by atoms with Crippen LogP contribution in [0.25, 0.3) is 0 Å². The molecule has 2 aromatic carbocycles. The highest BCUT2D eigenvalue weighted by molar-refractivity contribution is 6.02. The summed E-state index contributed by atoms with van der Waals surface area (Å²) in [7, 11) is 4.25. The topological polar surface area (TPSA) is 71.1 Å². The standard InChI is InChI=1S/C19H19FO6/c1-11(16(21)12-5-7-13(20)8-6-12)26-19(22)14-9-10-15(23-2)18(25-4)17(14)24-3/h5-11H,1-4H3/t11-/m0/s1. The number of carbonyl (C=O) groups excluding carboxylic acids is 2. The van der Waals surface area contributed by atoms with E-state index in [1.807, 2.05) is 0 Å². The van der Waals surface area contributed by atoms with Crippen molar-refractivity contribution in [3.8, 4) is 17.2 Å². The molecule has 0 saturated carbocycles. The number of hydrogen-bond acceptors (Lipinski definition) is 6. The van der Waals surface area contributed by atoms with E-state index >= 15 is 0 Å². The van der Waals surface area contributed by atoms with Crippen LogP contribution in [0.2, 0.25) is 0 Å². The second-order valence-corrected chi connectivity index (χ2v) is 5.30. The lowest BCUT2D eigenvalue weighted by Gasteiger charge is -2.17. The summed E-state index contributed by atoms with van der Waals surface area (Å²) >= 11 is 0. The van der Waals surface area contributed by atoms with Crippen LogP contribution < -0.4 is 14.2 Å². The number of ketones is 1. The fourth-order valence-electron chi connectivity index (χ4n) is 2.39. The van der Waals surface area contributed by atoms with Crippen LogP contribution in [-0.4, -0.2) is 39.2 Å². The number of halogens is 1. The molecular formula is C19H19FO6. The van der Waals surface area contributed by atoms with Gasteiger partial charge in [-0.25, -0.2) is 9.18 Å². The minimum absolute atomic E-state index is 0.0870. The molecule has 0 bridgehead atoms. The Kier molecular flexibility index (Phi) is 6.16. The highest BCUT2D eigenvalue weighted by Crippen LogP contribution is 2.40. The van der Waals surface area contributed by atoms with Crippen LogP contribution >= 0.6 is 0 Å². The van der Waals surface area contributed by atoms with Gasteiger partial charge >= 0.3 is 5.97 Å². The number of rotatable bonds is 7. The van der Waals surface area contributed by atoms with E-state index in [9.17, 15) is 14.0 Å². The second-order valence-electron chi connectivity index (χ2n) is 5.30. The van der Waals surface area contributed by atoms with Crippen molar-refractivity contribution in [1.82, 2.24) is 0 Å². The molecule has 0 heterocycles. The summed E-state index contributed by atoms with van der Waals surface area (Å²) in [6.07, 6.45) is -1.06. The van der Waals surface area contributed by atoms with Crippen molar-refractivity contribution in [2.75, 3.05) is 21.3 Å². The van der Waals surface area contributed by atoms with Crippen LogP contribution in [0, 0.1) is 5.82 Å². The zero-order valence-corrected chi connectivity index (χ0v) is 14.9. The Balaban J connectivity index is 2.23. The molecule has 0 N–H and O–H groups in total. The molecule has 0 fully saturated rings. The van der Waals surface area contributed by atoms with Gasteiger partial charge in [0.15, 0.2) is 17.6 Å². The van der Waals surface area contributed by atoms with Crippen LogP contribution in [-0.2, 0) is 4.74 Å². The molecule has 138 valence electrons. The molecule has 2 rings (SSSR count). The van der Waals surface area contributed by atoms with Gasteiger partial charge in [0.05, 0.1) is 21.3 Å². The normalized spacial score (nSPS) is 11.4. The van der Waals surface area contributed by atoms with E-state index in [2.05, 4.69) is 0 Å². The number of Topliss-reactive ketones (excluding diaryl/α,β-unsaturated/α-hetero) is 1. The summed E-state index contributed by atoms with van der Waals surface area (Å²) in [5.74, 6) is -0.901. The Hall–Kier alpha value is -3.09. The van der Waals surface area contributed by atoms with Gasteiger partial charge in [-0.3, -0.25) is 4.79 Å². The van der Waals surface area contributed by atoms with Crippen molar-refractivity contribution < 1.29 is 32.9 Å². The van der Waals surface area contributed by atoms with Crippen molar-refractivity contribution in [3.63, 3.8) is 0 Å². The van der Waals surface area contributed by atoms with Crippen molar-refractivity contribution in [2.45, 2.75) is 13.0 Å². The van der Waals surface area contributed by atoms with E-state index in [0.29, 0.717) is 5.75 Å². The molecule has 0 radical (unpaired) electrons. The SMILES string of the molecule is COc1ccc(C(=O)O[C@@H](C)C(=O)c2ccc(F)cc2)c(OC)c1OC. The molecule has 1 atom stereocenters. The molecule has 0 aliphatic carbocycles. The first kappa shape index (κ1) is 19.2. The number of esters is 1. The molecule has 0 aliphatic heterocycles. The van der Waals surface area contributed by atoms with E-state index in [4.69, 9.17) is 18.9 Å². The number of carbonyl (C=O) groups is 2. The fourth-order valence-corrected chi connectivity index (χ4v) is 2.39. The molecule has 2 aromatic rings. The van der Waals surface area contributed by atoms with Gasteiger partial charge in [0, 0.05) is 5.56 Å². The molecule has 0 aromatic heterocycles. The van der Waals surface area contributed by atoms with E-state index in [1.54, 1.807) is 0 Å². The molecule has 0 amide bonds. The van der Waals surface area contributed by atoms with Crippen molar-refractivity contribution in [1.29, 1.82) is 0 Å². The van der Waals surface area contributed by atoms with Crippen molar-refractivity contribution >= 4 is 11.8 Å². The lowest BCUT2D eigenvalue weighted by atomic mass is 10.1. The molecule has 0 aliphatic rings. The van der Waals surface area contributed by atoms with Crippen LogP contribution in [0.15, 0.2) is 36.4 Å². The van der Waals surface area contributed by atoms with E-state index in [-0.39, 0.29) is 22.6 Å². The maximum absolute atomic E-state index is 13.0. The van der Waals surface area contributed by atoms with Crippen molar-refractivity contribution in [3.05, 3.63) is 53.3 Å². The smallest absolute Gasteiger partial charge is 0.342 e. The molecule has 26 heavy (non-hydrogen) atoms. The third kappa shape index (κ3) is 3.93. The molecule has 6 nitrogen and oxygen atoms in total. The molecule has 0 saturated heterocycles. The monoisotopic (exact) mass is 362 g/mol. The van der Waals surface area contributed by atoms with Crippen LogP contribution in [0.4, 0.5) is 4.39 Å². The van der Waals surface area contributed by atoms with Gasteiger partial charge in [-0.05, 0) is 43.3 Å². The lowest BCUT2D eigenvalue weighted by Crippen LogP contribution is -2.24. The van der Waals surface area contributed by atoms with E-state index < -0.39 is 23.7 Å². The van der Waals surface area contributed by atoms with Gasteiger partial charge < -0.3 is 18.9 Å². The van der Waals surface area contributed by atoms with Gasteiger partial charge in [0.25, 0.3) is 0 Å². The first-order valence-electron chi connectivity index (χ1n) is 7.72. The van der Waals surface area contributed by atoms with Crippen LogP contribution in [0.3, 0.4) is 0 Å². The Morgan fingerprint density at radius 3 is 2.04 bits per heavy atom. The summed E-state index contributed by atoms with van der Waals surface area (Å²) in [4.78, 5) is 24.8. The number of ether oxygens (including phenoxy) is 4. The van der Waals surface area contributed by atoms with Gasteiger partial charge in [0.2, 0.25) is 11.5 Å². The number of benzene rings is 2. The zero-order chi connectivity index (χ0) is 19.3. The molecule has 0 spiro atoms. The molecule has 7 heteroatoms. The van der Waals surface area contributed by atoms with E-state index in [1.165, 1.54) is 64.7 Å². The third-order valence-corrected chi connectivity index (χ3v) is 3.71. The minimum atomic E-state index is -1.06. The fraction of sp³-hybridized carbons (Fsp3) is 0.263. The summed E-state index contributed by atoms with van der Waals surface area (Å²) in [6, 6.07) is 7.98. The molecule has 0 unspecified atom stereocenters. The summed E-state index contributed by atoms with van der Waals surface area (Å²) in [6.45, 7) is 1.44. The van der Waals surface area contributed by atoms with Gasteiger partial charge in [-0.2, -0.15) is 0 Å². The average molecular weight is 362 g/mol. The van der Waals surface area contributed by atoms with Gasteiger partial charge in [-0.15, -0.1) is 0 Å². The van der Waals surface area contributed by atoms with E-state index in [0.717, 1.165) is 0 Å². The average Bonchev–Trinajstić information content (AvgIpc) is 2.66. The Morgan fingerprint density at radius 2 is 1.50 bits per heavy atom. The zero-order valence-electron chi connectivity index (χ0n) is 14.9. The van der Waals surface area contributed by atoms with Gasteiger partial charge in [-0.1, -0.05) is 0 Å². The Morgan fingerprint density at radius 1 is 0.885 bits per heavy atom. The third-order valence-electron chi connectivity index (χ3n) is 3.71. The predicted octanol–water partition coefficient (Wildman–Crippen LogP) is 3.28. The molecular weight excluding hydrogens is 343 g/mol. The lowest BCUT2D eigenvalue weighted by molar-refractivity contribution is 0.0315.